The summed E-state index contributed by atoms with van der Waals surface area (Å²) in [5.74, 6) is -0.126. The van der Waals surface area contributed by atoms with Crippen molar-refractivity contribution >= 4 is 5.78 Å². The fraction of sp³-hybridized carbons (Fsp3) is 0.364. The highest BCUT2D eigenvalue weighted by molar-refractivity contribution is 5.96. The van der Waals surface area contributed by atoms with E-state index < -0.39 is 6.61 Å². The molecule has 0 N–H and O–H groups in total. The number of rotatable bonds is 4. The number of carbonyl (C=O) groups excluding carboxylic acids is 1. The lowest BCUT2D eigenvalue weighted by molar-refractivity contribution is -0.0498. The average molecular weight is 214 g/mol. The summed E-state index contributed by atoms with van der Waals surface area (Å²) in [7, 11) is 0. The lowest BCUT2D eigenvalue weighted by Gasteiger charge is -2.08. The summed E-state index contributed by atoms with van der Waals surface area (Å²) in [6, 6.07) is 4.43. The van der Waals surface area contributed by atoms with E-state index in [0.29, 0.717) is 12.0 Å². The molecule has 0 unspecified atom stereocenters. The maximum Gasteiger partial charge on any atom is 0.387 e. The number of ketones is 1. The van der Waals surface area contributed by atoms with E-state index in [1.807, 2.05) is 6.92 Å². The molecule has 0 spiro atoms. The molecule has 0 saturated carbocycles. The highest BCUT2D eigenvalue weighted by Crippen LogP contribution is 2.20. The number of hydrogen-bond acceptors (Lipinski definition) is 2. The fourth-order valence-corrected chi connectivity index (χ4v) is 1.37. The van der Waals surface area contributed by atoms with E-state index in [1.165, 1.54) is 19.1 Å². The highest BCUT2D eigenvalue weighted by Gasteiger charge is 2.10. The van der Waals surface area contributed by atoms with Crippen molar-refractivity contribution in [2.24, 2.45) is 0 Å². The van der Waals surface area contributed by atoms with Crippen molar-refractivity contribution in [1.29, 1.82) is 0 Å². The Morgan fingerprint density at radius 3 is 2.60 bits per heavy atom. The molecule has 15 heavy (non-hydrogen) atoms. The fourth-order valence-electron chi connectivity index (χ4n) is 1.37. The van der Waals surface area contributed by atoms with Crippen molar-refractivity contribution in [2.45, 2.75) is 26.9 Å². The standard InChI is InChI=1S/C11H12F2O2/c1-3-8-4-5-9(15-11(12)13)6-10(8)7(2)14/h4-6,11H,3H2,1-2H3. The Morgan fingerprint density at radius 1 is 1.47 bits per heavy atom. The van der Waals surface area contributed by atoms with Gasteiger partial charge in [0.15, 0.2) is 5.78 Å². The van der Waals surface area contributed by atoms with E-state index in [-0.39, 0.29) is 11.5 Å². The van der Waals surface area contributed by atoms with Crippen LogP contribution in [0.15, 0.2) is 18.2 Å². The van der Waals surface area contributed by atoms with Gasteiger partial charge < -0.3 is 4.74 Å². The van der Waals surface area contributed by atoms with Gasteiger partial charge in [-0.1, -0.05) is 13.0 Å². The van der Waals surface area contributed by atoms with Gasteiger partial charge in [0.1, 0.15) is 5.75 Å². The second kappa shape index (κ2) is 4.87. The maximum atomic E-state index is 11.9. The summed E-state index contributed by atoms with van der Waals surface area (Å²) in [6.45, 7) is 0.438. The summed E-state index contributed by atoms with van der Waals surface area (Å²) < 4.78 is 28.1. The number of ether oxygens (including phenoxy) is 1. The van der Waals surface area contributed by atoms with Crippen molar-refractivity contribution in [3.05, 3.63) is 29.3 Å². The summed E-state index contributed by atoms with van der Waals surface area (Å²) in [6.07, 6.45) is 0.684. The first-order valence-corrected chi connectivity index (χ1v) is 4.63. The van der Waals surface area contributed by atoms with Gasteiger partial charge in [-0.3, -0.25) is 4.79 Å². The zero-order chi connectivity index (χ0) is 11.4. The first kappa shape index (κ1) is 11.6. The molecule has 0 fully saturated rings. The van der Waals surface area contributed by atoms with E-state index in [4.69, 9.17) is 0 Å². The van der Waals surface area contributed by atoms with Gasteiger partial charge in [0.25, 0.3) is 0 Å². The van der Waals surface area contributed by atoms with E-state index in [9.17, 15) is 13.6 Å². The van der Waals surface area contributed by atoms with E-state index in [2.05, 4.69) is 4.74 Å². The lowest BCUT2D eigenvalue weighted by atomic mass is 10.0. The zero-order valence-corrected chi connectivity index (χ0v) is 8.59. The van der Waals surface area contributed by atoms with Gasteiger partial charge in [-0.15, -0.1) is 0 Å². The zero-order valence-electron chi connectivity index (χ0n) is 8.59. The van der Waals surface area contributed by atoms with Crippen LogP contribution in [-0.2, 0) is 6.42 Å². The SMILES string of the molecule is CCc1ccc(OC(F)F)cc1C(C)=O. The van der Waals surface area contributed by atoms with Crippen LogP contribution in [0.4, 0.5) is 8.78 Å². The lowest BCUT2D eigenvalue weighted by Crippen LogP contribution is -2.04. The number of benzene rings is 1. The highest BCUT2D eigenvalue weighted by atomic mass is 19.3. The van der Waals surface area contributed by atoms with Gasteiger partial charge >= 0.3 is 6.61 Å². The Hall–Kier alpha value is -1.45. The third-order valence-electron chi connectivity index (χ3n) is 2.07. The molecule has 0 radical (unpaired) electrons. The van der Waals surface area contributed by atoms with E-state index in [0.717, 1.165) is 5.56 Å². The second-order valence-electron chi connectivity index (χ2n) is 3.11. The summed E-state index contributed by atoms with van der Waals surface area (Å²) >= 11 is 0. The summed E-state index contributed by atoms with van der Waals surface area (Å²) in [5, 5.41) is 0. The third kappa shape index (κ3) is 3.01. The van der Waals surface area contributed by atoms with Crippen molar-refractivity contribution in [3.8, 4) is 5.75 Å². The largest absolute Gasteiger partial charge is 0.435 e. The van der Waals surface area contributed by atoms with Crippen LogP contribution in [0.3, 0.4) is 0 Å². The van der Waals surface area contributed by atoms with Gasteiger partial charge in [0.2, 0.25) is 0 Å². The molecule has 1 rings (SSSR count). The van der Waals surface area contributed by atoms with Crippen LogP contribution < -0.4 is 4.74 Å². The molecule has 1 aromatic rings. The Morgan fingerprint density at radius 2 is 2.13 bits per heavy atom. The molecule has 1 aromatic carbocycles. The van der Waals surface area contributed by atoms with Gasteiger partial charge in [0.05, 0.1) is 0 Å². The molecule has 0 aliphatic heterocycles. The minimum Gasteiger partial charge on any atom is -0.435 e. The number of alkyl halides is 2. The normalized spacial score (nSPS) is 10.5. The number of hydrogen-bond donors (Lipinski definition) is 0. The van der Waals surface area contributed by atoms with Gasteiger partial charge in [0, 0.05) is 5.56 Å². The van der Waals surface area contributed by atoms with Crippen molar-refractivity contribution in [3.63, 3.8) is 0 Å². The van der Waals surface area contributed by atoms with Crippen LogP contribution in [0.25, 0.3) is 0 Å². The first-order valence-electron chi connectivity index (χ1n) is 4.63. The molecule has 0 aliphatic carbocycles. The van der Waals surface area contributed by atoms with Gasteiger partial charge in [-0.2, -0.15) is 8.78 Å². The van der Waals surface area contributed by atoms with Crippen LogP contribution in [0.2, 0.25) is 0 Å². The molecule has 2 nitrogen and oxygen atoms in total. The maximum absolute atomic E-state index is 11.9. The molecule has 0 atom stereocenters. The van der Waals surface area contributed by atoms with Gasteiger partial charge in [-0.05, 0) is 31.0 Å². The molecule has 0 aliphatic rings. The van der Waals surface area contributed by atoms with Crippen molar-refractivity contribution in [1.82, 2.24) is 0 Å². The van der Waals surface area contributed by atoms with Crippen LogP contribution in [-0.4, -0.2) is 12.4 Å². The molecule has 0 heterocycles. The predicted molar refractivity (Wildman–Crippen MR) is 52.5 cm³/mol. The van der Waals surface area contributed by atoms with Crippen LogP contribution in [0.5, 0.6) is 5.75 Å². The Balaban J connectivity index is 3.05. The topological polar surface area (TPSA) is 26.3 Å². The first-order chi connectivity index (χ1) is 7.04. The molecular formula is C11H12F2O2. The van der Waals surface area contributed by atoms with Crippen LogP contribution in [0.1, 0.15) is 29.8 Å². The Labute approximate surface area is 86.9 Å². The molecule has 0 amide bonds. The van der Waals surface area contributed by atoms with Crippen molar-refractivity contribution < 1.29 is 18.3 Å². The predicted octanol–water partition coefficient (Wildman–Crippen LogP) is 3.05. The summed E-state index contributed by atoms with van der Waals surface area (Å²) in [4.78, 5) is 11.2. The molecular weight excluding hydrogens is 202 g/mol. The second-order valence-corrected chi connectivity index (χ2v) is 3.11. The Bertz CT molecular complexity index is 362. The quantitative estimate of drug-likeness (QED) is 0.720. The smallest absolute Gasteiger partial charge is 0.387 e. The minimum absolute atomic E-state index is 0.0207. The molecule has 82 valence electrons. The molecule has 0 aromatic heterocycles. The average Bonchev–Trinajstić information content (AvgIpc) is 2.16. The molecule has 4 heteroatoms. The van der Waals surface area contributed by atoms with Gasteiger partial charge in [-0.25, -0.2) is 0 Å². The van der Waals surface area contributed by atoms with Crippen LogP contribution >= 0.6 is 0 Å². The number of halogens is 2. The van der Waals surface area contributed by atoms with Crippen LogP contribution in [0, 0.1) is 0 Å². The number of aryl methyl sites for hydroxylation is 1. The minimum atomic E-state index is -2.86. The molecule has 0 saturated heterocycles. The van der Waals surface area contributed by atoms with Crippen molar-refractivity contribution in [2.75, 3.05) is 0 Å². The number of carbonyl (C=O) groups is 1. The summed E-state index contributed by atoms with van der Waals surface area (Å²) in [5.41, 5.74) is 1.28. The van der Waals surface area contributed by atoms with E-state index >= 15 is 0 Å². The monoisotopic (exact) mass is 214 g/mol. The number of Topliss-reactive ketones (excluding diaryl/α,β-unsaturated/α-hetero) is 1. The van der Waals surface area contributed by atoms with E-state index in [1.54, 1.807) is 6.07 Å². The Kier molecular flexibility index (Phi) is 3.77. The molecule has 0 bridgehead atoms. The third-order valence-corrected chi connectivity index (χ3v) is 2.07.